The van der Waals surface area contributed by atoms with E-state index >= 15 is 0 Å². The van der Waals surface area contributed by atoms with Crippen LogP contribution in [0.5, 0.6) is 0 Å². The van der Waals surface area contributed by atoms with Gasteiger partial charge in [-0.15, -0.1) is 24.0 Å². The third-order valence-corrected chi connectivity index (χ3v) is 6.93. The van der Waals surface area contributed by atoms with Gasteiger partial charge >= 0.3 is 0 Å². The van der Waals surface area contributed by atoms with Gasteiger partial charge in [-0.2, -0.15) is 0 Å². The topological polar surface area (TPSA) is 56.7 Å². The van der Waals surface area contributed by atoms with Gasteiger partial charge in [0.2, 0.25) is 0 Å². The van der Waals surface area contributed by atoms with Gasteiger partial charge in [0.1, 0.15) is 5.82 Å². The molecule has 0 heterocycles. The summed E-state index contributed by atoms with van der Waals surface area (Å²) in [4.78, 5) is 6.46. The van der Waals surface area contributed by atoms with Crippen LogP contribution in [0.25, 0.3) is 0 Å². The predicted octanol–water partition coefficient (Wildman–Crippen LogP) is 3.29. The number of hydrogen-bond donors (Lipinski definition) is 2. The molecule has 1 aliphatic rings. The summed E-state index contributed by atoms with van der Waals surface area (Å²) < 4.78 is 25.4. The Labute approximate surface area is 188 Å². The maximum atomic E-state index is 13.2. The highest BCUT2D eigenvalue weighted by Gasteiger charge is 2.26. The molecule has 28 heavy (non-hydrogen) atoms. The zero-order valence-electron chi connectivity index (χ0n) is 17.3. The molecule has 1 aromatic carbocycles. The molecule has 2 N–H and O–H groups in total. The lowest BCUT2D eigenvalue weighted by Crippen LogP contribution is -2.48. The molecule has 1 aromatic rings. The molecule has 1 fully saturated rings. The second kappa shape index (κ2) is 12.7. The molecule has 2 rings (SSSR count). The molecule has 0 radical (unpaired) electrons. The number of guanidine groups is 1. The first-order valence-electron chi connectivity index (χ1n) is 9.70. The van der Waals surface area contributed by atoms with E-state index in [1.807, 2.05) is 33.2 Å². The highest BCUT2D eigenvalue weighted by atomic mass is 127. The third-order valence-electron chi connectivity index (χ3n) is 5.19. The quantitative estimate of drug-likeness (QED) is 0.327. The van der Waals surface area contributed by atoms with Gasteiger partial charge in [0.15, 0.2) is 5.96 Å². The number of nitrogens with one attached hydrogen (secondary N) is 2. The van der Waals surface area contributed by atoms with E-state index in [4.69, 9.17) is 0 Å². The summed E-state index contributed by atoms with van der Waals surface area (Å²) in [5.74, 6) is 1.27. The van der Waals surface area contributed by atoms with Crippen LogP contribution in [0.2, 0.25) is 0 Å². The summed E-state index contributed by atoms with van der Waals surface area (Å²) in [6.07, 6.45) is 4.16. The van der Waals surface area contributed by atoms with E-state index in [2.05, 4.69) is 20.5 Å². The molecule has 0 spiro atoms. The Morgan fingerprint density at radius 1 is 1.32 bits per heavy atom. The summed E-state index contributed by atoms with van der Waals surface area (Å²) in [7, 11) is 5.06. The Morgan fingerprint density at radius 3 is 2.57 bits per heavy atom. The van der Waals surface area contributed by atoms with Crippen molar-refractivity contribution in [1.29, 1.82) is 0 Å². The molecule has 5 nitrogen and oxygen atoms in total. The van der Waals surface area contributed by atoms with E-state index in [9.17, 15) is 8.60 Å². The van der Waals surface area contributed by atoms with Crippen LogP contribution in [0.4, 0.5) is 4.39 Å². The van der Waals surface area contributed by atoms with E-state index in [0.717, 1.165) is 43.0 Å². The fraction of sp³-hybridized carbons (Fsp3) is 0.650. The molecule has 0 saturated heterocycles. The Bertz CT molecular complexity index is 642. The molecule has 0 amide bonds. The fourth-order valence-corrected chi connectivity index (χ4v) is 4.96. The van der Waals surface area contributed by atoms with Crippen LogP contribution in [-0.4, -0.2) is 59.8 Å². The number of halogens is 2. The van der Waals surface area contributed by atoms with Gasteiger partial charge in [0.25, 0.3) is 0 Å². The van der Waals surface area contributed by atoms with Crippen LogP contribution in [0.3, 0.4) is 0 Å². The fourth-order valence-electron chi connectivity index (χ4n) is 3.62. The highest BCUT2D eigenvalue weighted by molar-refractivity contribution is 14.0. The van der Waals surface area contributed by atoms with E-state index in [1.165, 1.54) is 12.1 Å². The first-order valence-corrected chi connectivity index (χ1v) is 11.1. The number of hydrogen-bond acceptors (Lipinski definition) is 3. The molecule has 0 aliphatic heterocycles. The normalized spacial score (nSPS) is 22.3. The Morgan fingerprint density at radius 2 is 2.00 bits per heavy atom. The summed E-state index contributed by atoms with van der Waals surface area (Å²) in [6, 6.07) is 7.04. The van der Waals surface area contributed by atoms with Gasteiger partial charge in [-0.1, -0.05) is 25.5 Å². The third kappa shape index (κ3) is 7.59. The van der Waals surface area contributed by atoms with Crippen LogP contribution in [-0.2, 0) is 10.8 Å². The Kier molecular flexibility index (Phi) is 11.5. The lowest BCUT2D eigenvalue weighted by molar-refractivity contribution is 0.297. The van der Waals surface area contributed by atoms with Gasteiger partial charge in [0.05, 0.1) is 6.04 Å². The van der Waals surface area contributed by atoms with Crippen molar-refractivity contribution in [2.24, 2.45) is 4.99 Å². The van der Waals surface area contributed by atoms with E-state index < -0.39 is 10.8 Å². The summed E-state index contributed by atoms with van der Waals surface area (Å²) in [5.41, 5.74) is 1.06. The molecular formula is C20H34FIN4OS. The molecule has 4 atom stereocenters. The number of likely N-dealkylation sites (N-methyl/N-ethyl adjacent to an activating group) is 1. The average molecular weight is 524 g/mol. The number of rotatable bonds is 7. The lowest BCUT2D eigenvalue weighted by Gasteiger charge is -2.31. The van der Waals surface area contributed by atoms with Crippen LogP contribution in [0.1, 0.15) is 44.2 Å². The minimum atomic E-state index is -0.733. The summed E-state index contributed by atoms with van der Waals surface area (Å²) in [6.45, 7) is 2.65. The minimum Gasteiger partial charge on any atom is -0.354 e. The molecule has 160 valence electrons. The van der Waals surface area contributed by atoms with Gasteiger partial charge in [0, 0.05) is 41.4 Å². The molecule has 0 bridgehead atoms. The first kappa shape index (κ1) is 25.3. The van der Waals surface area contributed by atoms with Crippen molar-refractivity contribution in [1.82, 2.24) is 15.5 Å². The minimum absolute atomic E-state index is 0. The predicted molar refractivity (Wildman–Crippen MR) is 127 cm³/mol. The first-order chi connectivity index (χ1) is 12.9. The maximum absolute atomic E-state index is 13.2. The van der Waals surface area contributed by atoms with E-state index in [0.29, 0.717) is 12.6 Å². The van der Waals surface area contributed by atoms with Crippen LogP contribution in [0, 0.1) is 5.82 Å². The molecule has 8 heteroatoms. The van der Waals surface area contributed by atoms with Crippen molar-refractivity contribution in [3.8, 4) is 0 Å². The number of nitrogens with zero attached hydrogens (tertiary/aromatic N) is 2. The second-order valence-corrected chi connectivity index (χ2v) is 9.29. The van der Waals surface area contributed by atoms with Gasteiger partial charge < -0.3 is 15.5 Å². The maximum Gasteiger partial charge on any atom is 0.191 e. The van der Waals surface area contributed by atoms with Crippen molar-refractivity contribution in [3.05, 3.63) is 35.6 Å². The molecule has 4 unspecified atom stereocenters. The Balaban J connectivity index is 0.00000392. The molecular weight excluding hydrogens is 490 g/mol. The average Bonchev–Trinajstić information content (AvgIpc) is 2.67. The van der Waals surface area contributed by atoms with Crippen molar-refractivity contribution in [2.45, 2.75) is 49.9 Å². The molecule has 0 aromatic heterocycles. The van der Waals surface area contributed by atoms with Crippen molar-refractivity contribution < 1.29 is 8.60 Å². The standard InChI is InChI=1S/C20H33FN4OS.HI/c1-5-27(26)18-8-6-7-17(13-18)24-20(22-2)23-14-19(25(3)4)15-9-11-16(21)12-10-15;/h9-12,17-19H,5-8,13-14H2,1-4H3,(H2,22,23,24);1H. The zero-order chi connectivity index (χ0) is 19.8. The smallest absolute Gasteiger partial charge is 0.191 e. The van der Waals surface area contributed by atoms with Crippen molar-refractivity contribution in [3.63, 3.8) is 0 Å². The lowest BCUT2D eigenvalue weighted by atomic mass is 9.95. The summed E-state index contributed by atoms with van der Waals surface area (Å²) >= 11 is 0. The van der Waals surface area contributed by atoms with Crippen LogP contribution >= 0.6 is 24.0 Å². The summed E-state index contributed by atoms with van der Waals surface area (Å²) in [5, 5.41) is 7.18. The van der Waals surface area contributed by atoms with Crippen molar-refractivity contribution >= 4 is 40.7 Å². The second-order valence-electron chi connectivity index (χ2n) is 7.28. The molecule has 1 aliphatic carbocycles. The van der Waals surface area contributed by atoms with Crippen LogP contribution < -0.4 is 10.6 Å². The monoisotopic (exact) mass is 524 g/mol. The van der Waals surface area contributed by atoms with Gasteiger partial charge in [-0.3, -0.25) is 9.20 Å². The largest absolute Gasteiger partial charge is 0.354 e. The number of benzene rings is 1. The van der Waals surface area contributed by atoms with E-state index in [1.54, 1.807) is 7.05 Å². The van der Waals surface area contributed by atoms with Crippen LogP contribution in [0.15, 0.2) is 29.3 Å². The van der Waals surface area contributed by atoms with Crippen molar-refractivity contribution in [2.75, 3.05) is 33.4 Å². The SMILES string of the molecule is CCS(=O)C1CCCC(NC(=NC)NCC(c2ccc(F)cc2)N(C)C)C1.I. The van der Waals surface area contributed by atoms with Gasteiger partial charge in [-0.25, -0.2) is 4.39 Å². The highest BCUT2D eigenvalue weighted by Crippen LogP contribution is 2.23. The zero-order valence-corrected chi connectivity index (χ0v) is 20.4. The Hall–Kier alpha value is -0.740. The van der Waals surface area contributed by atoms with E-state index in [-0.39, 0.29) is 41.1 Å². The number of aliphatic imine (C=N–C) groups is 1. The molecule has 1 saturated carbocycles. The van der Waals surface area contributed by atoms with Gasteiger partial charge in [-0.05, 0) is 51.1 Å².